The van der Waals surface area contributed by atoms with Crippen LogP contribution in [-0.2, 0) is 14.8 Å². The zero-order chi connectivity index (χ0) is 14.6. The Bertz CT molecular complexity index is 430. The monoisotopic (exact) mass is 339 g/mol. The van der Waals surface area contributed by atoms with Gasteiger partial charge in [-0.05, 0) is 38.6 Å². The minimum atomic E-state index is -3.15. The number of hydrogen-bond donors (Lipinski definition) is 2. The molecule has 0 bridgehead atoms. The molecule has 2 fully saturated rings. The third-order valence-corrected chi connectivity index (χ3v) is 5.62. The lowest BCUT2D eigenvalue weighted by molar-refractivity contribution is -0.134. The van der Waals surface area contributed by atoms with Crippen LogP contribution in [0.25, 0.3) is 0 Å². The minimum Gasteiger partial charge on any atom is -0.341 e. The highest BCUT2D eigenvalue weighted by molar-refractivity contribution is 7.89. The van der Waals surface area contributed by atoms with Crippen LogP contribution in [0.1, 0.15) is 39.0 Å². The summed E-state index contributed by atoms with van der Waals surface area (Å²) in [6.45, 7) is 4.07. The molecule has 0 aromatic rings. The van der Waals surface area contributed by atoms with Gasteiger partial charge in [0.1, 0.15) is 0 Å². The van der Waals surface area contributed by atoms with E-state index >= 15 is 0 Å². The Labute approximate surface area is 133 Å². The smallest absolute Gasteiger partial charge is 0.239 e. The highest BCUT2D eigenvalue weighted by atomic mass is 35.5. The molecule has 0 aliphatic carbocycles. The Morgan fingerprint density at radius 3 is 2.48 bits per heavy atom. The van der Waals surface area contributed by atoms with Crippen molar-refractivity contribution in [2.75, 3.05) is 25.4 Å². The van der Waals surface area contributed by atoms with Gasteiger partial charge in [0.05, 0.1) is 11.8 Å². The van der Waals surface area contributed by atoms with Crippen LogP contribution in [-0.4, -0.2) is 56.7 Å². The molecule has 6 nitrogen and oxygen atoms in total. The first kappa shape index (κ1) is 18.7. The van der Waals surface area contributed by atoms with Crippen molar-refractivity contribution in [1.82, 2.24) is 14.9 Å². The number of carbonyl (C=O) groups is 1. The predicted molar refractivity (Wildman–Crippen MR) is 85.1 cm³/mol. The molecule has 2 N–H and O–H groups in total. The number of nitrogens with zero attached hydrogens (tertiary/aromatic N) is 1. The van der Waals surface area contributed by atoms with Gasteiger partial charge in [-0.15, -0.1) is 12.4 Å². The summed E-state index contributed by atoms with van der Waals surface area (Å²) in [5, 5.41) is 3.22. The number of hydrogen-bond acceptors (Lipinski definition) is 4. The van der Waals surface area contributed by atoms with Crippen molar-refractivity contribution in [1.29, 1.82) is 0 Å². The summed E-state index contributed by atoms with van der Waals surface area (Å²) in [6, 6.07) is -0.0459. The quantitative estimate of drug-likeness (QED) is 0.763. The second kappa shape index (κ2) is 8.31. The van der Waals surface area contributed by atoms with E-state index in [2.05, 4.69) is 10.0 Å². The largest absolute Gasteiger partial charge is 0.341 e. The average molecular weight is 340 g/mol. The number of carbonyl (C=O) groups excluding carboxylic acids is 1. The van der Waals surface area contributed by atoms with Gasteiger partial charge in [-0.3, -0.25) is 4.79 Å². The Morgan fingerprint density at radius 1 is 1.29 bits per heavy atom. The van der Waals surface area contributed by atoms with Gasteiger partial charge in [0.2, 0.25) is 15.9 Å². The van der Waals surface area contributed by atoms with E-state index in [4.69, 9.17) is 0 Å². The summed E-state index contributed by atoms with van der Waals surface area (Å²) in [6.07, 6.45) is 4.02. The van der Waals surface area contributed by atoms with Crippen LogP contribution in [0, 0.1) is 0 Å². The number of rotatable bonds is 5. The molecular weight excluding hydrogens is 314 g/mol. The number of nitrogens with one attached hydrogen (secondary N) is 2. The summed E-state index contributed by atoms with van der Waals surface area (Å²) in [5.41, 5.74) is 0. The molecule has 0 aromatic carbocycles. The summed E-state index contributed by atoms with van der Waals surface area (Å²) in [7, 11) is -3.15. The third kappa shape index (κ3) is 5.39. The van der Waals surface area contributed by atoms with E-state index in [0.29, 0.717) is 32.4 Å². The Balaban J connectivity index is 0.00000220. The summed E-state index contributed by atoms with van der Waals surface area (Å²) in [4.78, 5) is 14.1. The van der Waals surface area contributed by atoms with Crippen molar-refractivity contribution >= 4 is 28.3 Å². The van der Waals surface area contributed by atoms with E-state index < -0.39 is 10.0 Å². The fourth-order valence-corrected chi connectivity index (χ4v) is 4.31. The minimum absolute atomic E-state index is 0. The van der Waals surface area contributed by atoms with Crippen molar-refractivity contribution in [2.45, 2.75) is 51.1 Å². The summed E-state index contributed by atoms with van der Waals surface area (Å²) in [5.74, 6) is 0.357. The molecule has 0 spiro atoms. The SMILES string of the molecule is CCCS(=O)(=O)NC1CCN(C(=O)C2CCCN2)CC1.Cl. The Hall–Kier alpha value is -0.370. The van der Waals surface area contributed by atoms with Crippen LogP contribution < -0.4 is 10.0 Å². The summed E-state index contributed by atoms with van der Waals surface area (Å²) < 4.78 is 26.2. The molecule has 1 amide bonds. The molecule has 0 saturated carbocycles. The standard InChI is InChI=1S/C13H25N3O3S.ClH/c1-2-10-20(18,19)15-11-5-8-16(9-6-11)13(17)12-4-3-7-14-12;/h11-12,14-15H,2-10H2,1H3;1H. The number of halogens is 1. The first-order chi connectivity index (χ1) is 9.52. The zero-order valence-corrected chi connectivity index (χ0v) is 14.1. The van der Waals surface area contributed by atoms with E-state index in [9.17, 15) is 13.2 Å². The number of amides is 1. The molecular formula is C13H26ClN3O3S. The van der Waals surface area contributed by atoms with Gasteiger partial charge in [0.15, 0.2) is 0 Å². The maximum absolute atomic E-state index is 12.2. The molecule has 8 heteroatoms. The first-order valence-electron chi connectivity index (χ1n) is 7.54. The molecule has 124 valence electrons. The van der Waals surface area contributed by atoms with E-state index in [0.717, 1.165) is 19.4 Å². The van der Waals surface area contributed by atoms with E-state index in [1.54, 1.807) is 0 Å². The average Bonchev–Trinajstić information content (AvgIpc) is 2.92. The highest BCUT2D eigenvalue weighted by Gasteiger charge is 2.30. The van der Waals surface area contributed by atoms with Gasteiger partial charge in [-0.25, -0.2) is 13.1 Å². The van der Waals surface area contributed by atoms with E-state index in [1.165, 1.54) is 0 Å². The second-order valence-electron chi connectivity index (χ2n) is 5.69. The topological polar surface area (TPSA) is 78.5 Å². The van der Waals surface area contributed by atoms with Crippen LogP contribution in [0.4, 0.5) is 0 Å². The van der Waals surface area contributed by atoms with Crippen molar-refractivity contribution in [3.63, 3.8) is 0 Å². The Morgan fingerprint density at radius 2 is 1.95 bits per heavy atom. The van der Waals surface area contributed by atoms with Gasteiger partial charge >= 0.3 is 0 Å². The maximum Gasteiger partial charge on any atom is 0.239 e. The number of piperidine rings is 1. The fraction of sp³-hybridized carbons (Fsp3) is 0.923. The lowest BCUT2D eigenvalue weighted by atomic mass is 10.0. The molecule has 1 unspecified atom stereocenters. The van der Waals surface area contributed by atoms with Gasteiger partial charge < -0.3 is 10.2 Å². The molecule has 2 heterocycles. The van der Waals surface area contributed by atoms with Crippen LogP contribution in [0.5, 0.6) is 0 Å². The molecule has 2 aliphatic heterocycles. The number of likely N-dealkylation sites (tertiary alicyclic amines) is 1. The van der Waals surface area contributed by atoms with Crippen LogP contribution in [0.2, 0.25) is 0 Å². The normalized spacial score (nSPS) is 23.9. The molecule has 2 aliphatic rings. The summed E-state index contributed by atoms with van der Waals surface area (Å²) >= 11 is 0. The molecule has 1 atom stereocenters. The van der Waals surface area contributed by atoms with Crippen molar-refractivity contribution in [3.05, 3.63) is 0 Å². The van der Waals surface area contributed by atoms with Crippen LogP contribution in [0.3, 0.4) is 0 Å². The van der Waals surface area contributed by atoms with E-state index in [-0.39, 0.29) is 36.2 Å². The van der Waals surface area contributed by atoms with Crippen LogP contribution >= 0.6 is 12.4 Å². The first-order valence-corrected chi connectivity index (χ1v) is 9.19. The molecule has 2 rings (SSSR count). The van der Waals surface area contributed by atoms with Crippen molar-refractivity contribution in [3.8, 4) is 0 Å². The van der Waals surface area contributed by atoms with E-state index in [1.807, 2.05) is 11.8 Å². The fourth-order valence-electron chi connectivity index (χ4n) is 2.92. The van der Waals surface area contributed by atoms with Crippen molar-refractivity contribution < 1.29 is 13.2 Å². The van der Waals surface area contributed by atoms with Gasteiger partial charge in [0, 0.05) is 19.1 Å². The maximum atomic E-state index is 12.2. The van der Waals surface area contributed by atoms with Crippen molar-refractivity contribution in [2.24, 2.45) is 0 Å². The lowest BCUT2D eigenvalue weighted by Gasteiger charge is -2.33. The Kier molecular flexibility index (Phi) is 7.39. The molecule has 2 saturated heterocycles. The predicted octanol–water partition coefficient (Wildman–Crippen LogP) is 0.481. The lowest BCUT2D eigenvalue weighted by Crippen LogP contribution is -2.51. The molecule has 21 heavy (non-hydrogen) atoms. The highest BCUT2D eigenvalue weighted by Crippen LogP contribution is 2.15. The third-order valence-electron chi connectivity index (χ3n) is 3.98. The van der Waals surface area contributed by atoms with Gasteiger partial charge in [0.25, 0.3) is 0 Å². The van der Waals surface area contributed by atoms with Gasteiger partial charge in [-0.2, -0.15) is 0 Å². The van der Waals surface area contributed by atoms with Gasteiger partial charge in [-0.1, -0.05) is 6.92 Å². The zero-order valence-electron chi connectivity index (χ0n) is 12.5. The second-order valence-corrected chi connectivity index (χ2v) is 7.56. The molecule has 0 radical (unpaired) electrons. The van der Waals surface area contributed by atoms with Crippen LogP contribution in [0.15, 0.2) is 0 Å². The number of sulfonamides is 1. The molecule has 0 aromatic heterocycles.